The van der Waals surface area contributed by atoms with Crippen LogP contribution in [-0.2, 0) is 6.42 Å². The van der Waals surface area contributed by atoms with Crippen LogP contribution in [0.3, 0.4) is 0 Å². The number of methoxy groups -OCH3 is 1. The Morgan fingerprint density at radius 3 is 2.83 bits per heavy atom. The third-order valence-electron chi connectivity index (χ3n) is 2.64. The predicted octanol–water partition coefficient (Wildman–Crippen LogP) is 3.08. The van der Waals surface area contributed by atoms with Gasteiger partial charge in [0, 0.05) is 10.9 Å². The largest absolute Gasteiger partial charge is 0.496 e. The molecule has 94 valence electrons. The number of benzene rings is 1. The van der Waals surface area contributed by atoms with Gasteiger partial charge < -0.3 is 9.84 Å². The summed E-state index contributed by atoms with van der Waals surface area (Å²) in [6.45, 7) is 2.05. The number of aryl methyl sites for hydroxylation is 1. The Morgan fingerprint density at radius 1 is 1.50 bits per heavy atom. The van der Waals surface area contributed by atoms with Gasteiger partial charge in [-0.2, -0.15) is 0 Å². The lowest BCUT2D eigenvalue weighted by Gasteiger charge is -2.07. The van der Waals surface area contributed by atoms with Crippen LogP contribution in [0.25, 0.3) is 11.3 Å². The predicted molar refractivity (Wildman–Crippen MR) is 70.4 cm³/mol. The van der Waals surface area contributed by atoms with Crippen molar-refractivity contribution in [1.82, 2.24) is 4.98 Å². The molecular weight excluding hydrogens is 250 g/mol. The van der Waals surface area contributed by atoms with Crippen LogP contribution in [0, 0.1) is 0 Å². The number of nitrogens with zero attached hydrogens (tertiary/aromatic N) is 1. The second-order valence-corrected chi connectivity index (χ2v) is 4.58. The van der Waals surface area contributed by atoms with Gasteiger partial charge in [0.1, 0.15) is 5.75 Å². The van der Waals surface area contributed by atoms with Crippen LogP contribution in [0.1, 0.15) is 22.3 Å². The van der Waals surface area contributed by atoms with Crippen LogP contribution in [0.15, 0.2) is 23.6 Å². The molecule has 0 aliphatic carbocycles. The molecule has 0 fully saturated rings. The highest BCUT2D eigenvalue weighted by Crippen LogP contribution is 2.27. The summed E-state index contributed by atoms with van der Waals surface area (Å²) in [7, 11) is 1.64. The maximum atomic E-state index is 10.8. The Bertz CT molecular complexity index is 577. The van der Waals surface area contributed by atoms with E-state index < -0.39 is 5.97 Å². The van der Waals surface area contributed by atoms with Gasteiger partial charge in [0.05, 0.1) is 12.8 Å². The molecule has 18 heavy (non-hydrogen) atoms. The highest BCUT2D eigenvalue weighted by molar-refractivity contribution is 7.11. The van der Waals surface area contributed by atoms with Crippen molar-refractivity contribution in [2.75, 3.05) is 7.11 Å². The molecule has 2 aromatic rings. The van der Waals surface area contributed by atoms with Crippen LogP contribution in [-0.4, -0.2) is 23.2 Å². The minimum atomic E-state index is -0.990. The Balaban J connectivity index is 2.41. The molecule has 0 bridgehead atoms. The first kappa shape index (κ1) is 12.6. The zero-order chi connectivity index (χ0) is 13.1. The van der Waals surface area contributed by atoms with E-state index in [0.29, 0.717) is 5.69 Å². The molecule has 0 saturated carbocycles. The normalized spacial score (nSPS) is 10.3. The number of carboxylic acid groups (broad SMARTS) is 1. The van der Waals surface area contributed by atoms with E-state index in [2.05, 4.69) is 4.98 Å². The van der Waals surface area contributed by atoms with Gasteiger partial charge in [-0.05, 0) is 30.2 Å². The van der Waals surface area contributed by atoms with Crippen LogP contribution < -0.4 is 4.74 Å². The van der Waals surface area contributed by atoms with E-state index in [1.165, 1.54) is 0 Å². The minimum absolute atomic E-state index is 0.110. The molecule has 1 N–H and O–H groups in total. The van der Waals surface area contributed by atoms with Crippen molar-refractivity contribution < 1.29 is 14.6 Å². The number of thiazole rings is 1. The zero-order valence-electron chi connectivity index (χ0n) is 10.1. The summed E-state index contributed by atoms with van der Waals surface area (Å²) in [6.07, 6.45) is 0.854. The molecule has 0 saturated heterocycles. The number of ether oxygens (including phenoxy) is 1. The summed E-state index contributed by atoms with van der Waals surface area (Å²) in [6, 6.07) is 5.76. The standard InChI is InChI=1S/C13H13NO3S/c1-3-8-6-9(4-5-11(8)17-2)10-7-18-12(14-10)13(15)16/h4-7H,3H2,1-2H3,(H,15,16). The molecule has 5 heteroatoms. The first-order valence-electron chi connectivity index (χ1n) is 5.51. The van der Waals surface area contributed by atoms with E-state index in [-0.39, 0.29) is 5.01 Å². The van der Waals surface area contributed by atoms with Crippen LogP contribution >= 0.6 is 11.3 Å². The lowest BCUT2D eigenvalue weighted by Crippen LogP contribution is -1.95. The summed E-state index contributed by atoms with van der Waals surface area (Å²) in [4.78, 5) is 14.9. The third-order valence-corrected chi connectivity index (χ3v) is 3.47. The minimum Gasteiger partial charge on any atom is -0.496 e. The molecule has 0 aliphatic rings. The highest BCUT2D eigenvalue weighted by Gasteiger charge is 2.11. The van der Waals surface area contributed by atoms with E-state index in [4.69, 9.17) is 9.84 Å². The van der Waals surface area contributed by atoms with Gasteiger partial charge in [0.25, 0.3) is 0 Å². The van der Waals surface area contributed by atoms with E-state index >= 15 is 0 Å². The fraction of sp³-hybridized carbons (Fsp3) is 0.231. The third kappa shape index (κ3) is 2.36. The molecular formula is C13H13NO3S. The van der Waals surface area contributed by atoms with Crippen LogP contribution in [0.4, 0.5) is 0 Å². The molecule has 0 spiro atoms. The molecule has 0 amide bonds. The quantitative estimate of drug-likeness (QED) is 0.920. The van der Waals surface area contributed by atoms with Gasteiger partial charge in [-0.15, -0.1) is 11.3 Å². The Kier molecular flexibility index (Phi) is 3.62. The van der Waals surface area contributed by atoms with Crippen molar-refractivity contribution in [3.05, 3.63) is 34.2 Å². The lowest BCUT2D eigenvalue weighted by molar-refractivity contribution is 0.0696. The molecule has 0 atom stereocenters. The Labute approximate surface area is 109 Å². The molecule has 0 radical (unpaired) electrons. The van der Waals surface area contributed by atoms with E-state index in [1.807, 2.05) is 25.1 Å². The number of hydrogen-bond donors (Lipinski definition) is 1. The second kappa shape index (κ2) is 5.18. The lowest BCUT2D eigenvalue weighted by atomic mass is 10.1. The van der Waals surface area contributed by atoms with Crippen LogP contribution in [0.2, 0.25) is 0 Å². The molecule has 1 aromatic carbocycles. The summed E-state index contributed by atoms with van der Waals surface area (Å²) in [5.74, 6) is -0.148. The zero-order valence-corrected chi connectivity index (χ0v) is 11.0. The Morgan fingerprint density at radius 2 is 2.28 bits per heavy atom. The summed E-state index contributed by atoms with van der Waals surface area (Å²) in [5, 5.41) is 10.7. The van der Waals surface area contributed by atoms with E-state index in [9.17, 15) is 4.79 Å². The monoisotopic (exact) mass is 263 g/mol. The smallest absolute Gasteiger partial charge is 0.365 e. The van der Waals surface area contributed by atoms with Gasteiger partial charge in [-0.1, -0.05) is 6.92 Å². The Hall–Kier alpha value is -1.88. The van der Waals surface area contributed by atoms with Gasteiger partial charge >= 0.3 is 5.97 Å². The maximum Gasteiger partial charge on any atom is 0.365 e. The number of aromatic carboxylic acids is 1. The van der Waals surface area contributed by atoms with Crippen LogP contribution in [0.5, 0.6) is 5.75 Å². The number of carbonyl (C=O) groups is 1. The first-order chi connectivity index (χ1) is 8.65. The van der Waals surface area contributed by atoms with Crippen molar-refractivity contribution in [2.24, 2.45) is 0 Å². The molecule has 0 unspecified atom stereocenters. The SMILES string of the molecule is CCc1cc(-c2csc(C(=O)O)n2)ccc1OC. The van der Waals surface area contributed by atoms with Crippen molar-refractivity contribution in [2.45, 2.75) is 13.3 Å². The van der Waals surface area contributed by atoms with Crippen molar-refractivity contribution in [3.63, 3.8) is 0 Å². The fourth-order valence-electron chi connectivity index (χ4n) is 1.72. The number of carboxylic acids is 1. The number of rotatable bonds is 4. The van der Waals surface area contributed by atoms with Crippen molar-refractivity contribution in [3.8, 4) is 17.0 Å². The fourth-order valence-corrected chi connectivity index (χ4v) is 2.38. The molecule has 4 nitrogen and oxygen atoms in total. The van der Waals surface area contributed by atoms with Crippen molar-refractivity contribution in [1.29, 1.82) is 0 Å². The highest BCUT2D eigenvalue weighted by atomic mass is 32.1. The van der Waals surface area contributed by atoms with Gasteiger partial charge in [0.15, 0.2) is 0 Å². The summed E-state index contributed by atoms with van der Waals surface area (Å²) >= 11 is 1.13. The average Bonchev–Trinajstić information content (AvgIpc) is 2.87. The topological polar surface area (TPSA) is 59.4 Å². The van der Waals surface area contributed by atoms with E-state index in [0.717, 1.165) is 34.6 Å². The molecule has 0 aliphatic heterocycles. The van der Waals surface area contributed by atoms with Gasteiger partial charge in [-0.3, -0.25) is 0 Å². The molecule has 2 rings (SSSR count). The van der Waals surface area contributed by atoms with E-state index in [1.54, 1.807) is 12.5 Å². The second-order valence-electron chi connectivity index (χ2n) is 3.72. The summed E-state index contributed by atoms with van der Waals surface area (Å²) in [5.41, 5.74) is 2.69. The average molecular weight is 263 g/mol. The first-order valence-corrected chi connectivity index (χ1v) is 6.39. The molecule has 1 heterocycles. The number of aromatic nitrogens is 1. The summed E-state index contributed by atoms with van der Waals surface area (Å²) < 4.78 is 5.26. The molecule has 1 aromatic heterocycles. The van der Waals surface area contributed by atoms with Crippen molar-refractivity contribution >= 4 is 17.3 Å². The van der Waals surface area contributed by atoms with Gasteiger partial charge in [0.2, 0.25) is 5.01 Å². The number of hydrogen-bond acceptors (Lipinski definition) is 4. The maximum absolute atomic E-state index is 10.8. The van der Waals surface area contributed by atoms with Gasteiger partial charge in [-0.25, -0.2) is 9.78 Å².